The Bertz CT molecular complexity index is 1230. The third kappa shape index (κ3) is 4.48. The summed E-state index contributed by atoms with van der Waals surface area (Å²) in [6.45, 7) is 12.8. The number of aliphatic hydroxyl groups excluding tert-OH is 1. The van der Waals surface area contributed by atoms with Crippen molar-refractivity contribution in [2.45, 2.75) is 64.6 Å². The van der Waals surface area contributed by atoms with Gasteiger partial charge in [0, 0.05) is 6.20 Å². The lowest BCUT2D eigenvalue weighted by molar-refractivity contribution is 0.210. The summed E-state index contributed by atoms with van der Waals surface area (Å²) in [7, 11) is -3.28. The van der Waals surface area contributed by atoms with Crippen molar-refractivity contribution >= 4 is 20.5 Å². The van der Waals surface area contributed by atoms with Crippen molar-refractivity contribution in [1.82, 2.24) is 3.97 Å². The average Bonchev–Trinajstić information content (AvgIpc) is 3.11. The van der Waals surface area contributed by atoms with Crippen molar-refractivity contribution < 1.29 is 18.0 Å². The molecule has 0 aliphatic carbocycles. The van der Waals surface area contributed by atoms with Crippen LogP contribution in [0.25, 0.3) is 0 Å². The van der Waals surface area contributed by atoms with Gasteiger partial charge in [0.2, 0.25) is 0 Å². The smallest absolute Gasteiger partial charge is 0.267 e. The van der Waals surface area contributed by atoms with Crippen molar-refractivity contribution in [3.8, 4) is 0 Å². The molecular formula is C25H33NO4SSi. The fraction of sp³-hybridized carbons (Fsp3) is 0.360. The van der Waals surface area contributed by atoms with Crippen LogP contribution in [0, 0.1) is 20.8 Å². The van der Waals surface area contributed by atoms with Gasteiger partial charge in [0.05, 0.1) is 17.2 Å². The molecule has 172 valence electrons. The van der Waals surface area contributed by atoms with E-state index in [9.17, 15) is 13.5 Å². The summed E-state index contributed by atoms with van der Waals surface area (Å²) in [4.78, 5) is 0.183. The Labute approximate surface area is 194 Å². The van der Waals surface area contributed by atoms with Crippen LogP contribution in [-0.4, -0.2) is 28.0 Å². The van der Waals surface area contributed by atoms with Gasteiger partial charge in [-0.15, -0.1) is 0 Å². The van der Waals surface area contributed by atoms with Crippen LogP contribution in [0.5, 0.6) is 0 Å². The second-order valence-electron chi connectivity index (χ2n) is 9.40. The predicted molar refractivity (Wildman–Crippen MR) is 132 cm³/mol. The van der Waals surface area contributed by atoms with E-state index in [0.717, 1.165) is 22.3 Å². The van der Waals surface area contributed by atoms with Crippen LogP contribution >= 0.6 is 0 Å². The topological polar surface area (TPSA) is 68.5 Å². The zero-order chi connectivity index (χ0) is 23.8. The van der Waals surface area contributed by atoms with E-state index < -0.39 is 16.1 Å². The first kappa shape index (κ1) is 24.4. The maximum absolute atomic E-state index is 13.4. The fourth-order valence-corrected chi connectivity index (χ4v) is 6.41. The monoisotopic (exact) mass is 471 g/mol. The Morgan fingerprint density at radius 2 is 1.72 bits per heavy atom. The summed E-state index contributed by atoms with van der Waals surface area (Å²) in [6.07, 6.45) is 0.452. The maximum Gasteiger partial charge on any atom is 0.267 e. The zero-order valence-corrected chi connectivity index (χ0v) is 22.7. The number of nitrogens with zero attached hydrogens (tertiary/aromatic N) is 1. The van der Waals surface area contributed by atoms with Crippen LogP contribution in [0.4, 0.5) is 0 Å². The first-order chi connectivity index (χ1) is 14.9. The molecule has 0 spiro atoms. The Kier molecular flexibility index (Phi) is 6.86. The summed E-state index contributed by atoms with van der Waals surface area (Å²) >= 11 is 0. The van der Waals surface area contributed by atoms with Gasteiger partial charge < -0.3 is 9.53 Å². The summed E-state index contributed by atoms with van der Waals surface area (Å²) < 4.78 is 33.6. The number of aromatic nitrogens is 1. The van der Waals surface area contributed by atoms with E-state index in [1.54, 1.807) is 42.6 Å². The number of hydrogen-bond acceptors (Lipinski definition) is 4. The largest absolute Gasteiger partial charge is 0.424 e. The molecule has 0 amide bonds. The minimum absolute atomic E-state index is 0.0645. The van der Waals surface area contributed by atoms with Crippen molar-refractivity contribution in [3.63, 3.8) is 0 Å². The summed E-state index contributed by atoms with van der Waals surface area (Å²) in [5.41, 5.74) is 6.01. The van der Waals surface area contributed by atoms with Crippen LogP contribution in [0.1, 0.15) is 65.9 Å². The molecule has 3 aromatic rings. The summed E-state index contributed by atoms with van der Waals surface area (Å²) in [6, 6.07) is 12.0. The molecule has 2 aromatic carbocycles. The van der Waals surface area contributed by atoms with E-state index in [4.69, 9.17) is 4.43 Å². The van der Waals surface area contributed by atoms with Gasteiger partial charge >= 0.3 is 0 Å². The Morgan fingerprint density at radius 3 is 2.28 bits per heavy atom. The number of aliphatic hydroxyl groups is 1. The van der Waals surface area contributed by atoms with Gasteiger partial charge in [0.15, 0.2) is 0 Å². The second kappa shape index (κ2) is 8.98. The molecule has 1 aromatic heterocycles. The maximum atomic E-state index is 13.4. The molecule has 0 aliphatic rings. The van der Waals surface area contributed by atoms with Gasteiger partial charge in [-0.3, -0.25) is 0 Å². The number of rotatable bonds is 6. The SMILES string of the molecule is Cc1cc(C(O)c2cc(C)c(C(C)(C)C)c(C)c2CO[SiH3])n(S(=O)(=O)c2ccccc2)c1. The highest BCUT2D eigenvalue weighted by Crippen LogP contribution is 2.37. The molecule has 3 rings (SSSR count). The Balaban J connectivity index is 2.23. The molecule has 1 unspecified atom stereocenters. The summed E-state index contributed by atoms with van der Waals surface area (Å²) in [5, 5.41) is 11.5. The van der Waals surface area contributed by atoms with Gasteiger partial charge in [-0.25, -0.2) is 12.4 Å². The minimum Gasteiger partial charge on any atom is -0.424 e. The van der Waals surface area contributed by atoms with Crippen molar-refractivity contribution in [3.05, 3.63) is 87.7 Å². The standard InChI is InChI=1S/C25H33NO4SSi/c1-16-12-22(26(14-16)31(28,29)19-10-8-7-9-11-19)24(27)20-13-17(2)23(25(4,5)6)18(3)21(20)15-30-32/h7-14,24,27H,15H2,1-6,32H3. The lowest BCUT2D eigenvalue weighted by Crippen LogP contribution is -2.21. The molecular weight excluding hydrogens is 438 g/mol. The molecule has 32 heavy (non-hydrogen) atoms. The highest BCUT2D eigenvalue weighted by molar-refractivity contribution is 7.90. The molecule has 0 radical (unpaired) electrons. The third-order valence-electron chi connectivity index (χ3n) is 5.81. The van der Waals surface area contributed by atoms with Gasteiger partial charge in [0.25, 0.3) is 10.0 Å². The normalized spacial score (nSPS) is 13.5. The zero-order valence-electron chi connectivity index (χ0n) is 19.9. The minimum atomic E-state index is -3.85. The van der Waals surface area contributed by atoms with E-state index in [2.05, 4.69) is 27.7 Å². The molecule has 0 bridgehead atoms. The first-order valence-electron chi connectivity index (χ1n) is 10.7. The molecule has 1 N–H and O–H groups in total. The second-order valence-corrected chi connectivity index (χ2v) is 11.8. The Hall–Kier alpha value is -2.19. The van der Waals surface area contributed by atoms with Crippen molar-refractivity contribution in [2.24, 2.45) is 0 Å². The molecule has 0 saturated carbocycles. The Morgan fingerprint density at radius 1 is 1.09 bits per heavy atom. The molecule has 1 heterocycles. The van der Waals surface area contributed by atoms with Gasteiger partial charge in [0.1, 0.15) is 16.6 Å². The number of aryl methyl sites for hydroxylation is 2. The van der Waals surface area contributed by atoms with E-state index in [-0.39, 0.29) is 10.3 Å². The van der Waals surface area contributed by atoms with Gasteiger partial charge in [-0.05, 0) is 77.8 Å². The molecule has 0 saturated heterocycles. The molecule has 0 fully saturated rings. The third-order valence-corrected chi connectivity index (χ3v) is 7.80. The lowest BCUT2D eigenvalue weighted by Gasteiger charge is -2.29. The quantitative estimate of drug-likeness (QED) is 0.555. The first-order valence-corrected chi connectivity index (χ1v) is 12.9. The molecule has 5 nitrogen and oxygen atoms in total. The molecule has 0 aliphatic heterocycles. The highest BCUT2D eigenvalue weighted by Gasteiger charge is 2.29. The molecule has 1 atom stereocenters. The van der Waals surface area contributed by atoms with Crippen LogP contribution in [0.2, 0.25) is 0 Å². The van der Waals surface area contributed by atoms with Crippen molar-refractivity contribution in [2.75, 3.05) is 0 Å². The van der Waals surface area contributed by atoms with Crippen LogP contribution in [0.3, 0.4) is 0 Å². The summed E-state index contributed by atoms with van der Waals surface area (Å²) in [5.74, 6) is 0. The van der Waals surface area contributed by atoms with E-state index in [0.29, 0.717) is 28.4 Å². The lowest BCUT2D eigenvalue weighted by atomic mass is 9.78. The molecule has 7 heteroatoms. The van der Waals surface area contributed by atoms with E-state index >= 15 is 0 Å². The number of hydrogen-bond donors (Lipinski definition) is 1. The number of benzene rings is 2. The highest BCUT2D eigenvalue weighted by atomic mass is 32.2. The average molecular weight is 472 g/mol. The van der Waals surface area contributed by atoms with Crippen LogP contribution < -0.4 is 0 Å². The van der Waals surface area contributed by atoms with Gasteiger partial charge in [-0.1, -0.05) is 45.0 Å². The van der Waals surface area contributed by atoms with Crippen LogP contribution in [-0.2, 0) is 26.5 Å². The predicted octanol–water partition coefficient (Wildman–Crippen LogP) is 3.83. The van der Waals surface area contributed by atoms with Crippen LogP contribution in [0.15, 0.2) is 53.6 Å². The van der Waals surface area contributed by atoms with E-state index in [1.807, 2.05) is 19.9 Å². The van der Waals surface area contributed by atoms with E-state index in [1.165, 1.54) is 9.54 Å². The van der Waals surface area contributed by atoms with Gasteiger partial charge in [-0.2, -0.15) is 0 Å². The fourth-order valence-electron chi connectivity index (χ4n) is 4.66. The van der Waals surface area contributed by atoms with Crippen molar-refractivity contribution in [1.29, 1.82) is 0 Å².